The lowest BCUT2D eigenvalue weighted by Crippen LogP contribution is -2.31. The van der Waals surface area contributed by atoms with Crippen molar-refractivity contribution < 1.29 is 24.2 Å². The molecule has 3 rings (SSSR count). The molecule has 0 aromatic heterocycles. The predicted molar refractivity (Wildman–Crippen MR) is 121 cm³/mol. The lowest BCUT2D eigenvalue weighted by molar-refractivity contribution is -0.384. The Hall–Kier alpha value is -3.73. The van der Waals surface area contributed by atoms with Gasteiger partial charge in [-0.25, -0.2) is 4.79 Å². The maximum absolute atomic E-state index is 12.5. The number of ether oxygens (including phenoxy) is 1. The van der Waals surface area contributed by atoms with Crippen LogP contribution in [0.15, 0.2) is 36.4 Å². The van der Waals surface area contributed by atoms with Gasteiger partial charge in [-0.05, 0) is 44.4 Å². The molecule has 11 nitrogen and oxygen atoms in total. The van der Waals surface area contributed by atoms with Gasteiger partial charge in [-0.3, -0.25) is 25.0 Å². The summed E-state index contributed by atoms with van der Waals surface area (Å²) in [6.45, 7) is 2.73. The third-order valence-corrected chi connectivity index (χ3v) is 5.49. The van der Waals surface area contributed by atoms with Crippen molar-refractivity contribution >= 4 is 46.2 Å². The van der Waals surface area contributed by atoms with Crippen LogP contribution in [0.1, 0.15) is 36.5 Å². The Morgan fingerprint density at radius 3 is 2.36 bits per heavy atom. The summed E-state index contributed by atoms with van der Waals surface area (Å²) in [5.74, 6) is -1.63. The molecule has 0 bridgehead atoms. The molecule has 0 radical (unpaired) electrons. The lowest BCUT2D eigenvalue weighted by atomic mass is 10.1. The highest BCUT2D eigenvalue weighted by Crippen LogP contribution is 2.32. The number of carbonyl (C=O) groups excluding carboxylic acids is 2. The second-order valence-electron chi connectivity index (χ2n) is 7.47. The zero-order chi connectivity index (χ0) is 24.1. The van der Waals surface area contributed by atoms with Gasteiger partial charge in [-0.2, -0.15) is 0 Å². The normalized spacial score (nSPS) is 14.3. The molecule has 1 saturated heterocycles. The summed E-state index contributed by atoms with van der Waals surface area (Å²) >= 11 is 5.96. The van der Waals surface area contributed by atoms with E-state index in [2.05, 4.69) is 5.32 Å². The number of nitro benzene ring substituents is 2. The van der Waals surface area contributed by atoms with Crippen LogP contribution in [0, 0.1) is 20.2 Å². The van der Waals surface area contributed by atoms with E-state index < -0.39 is 27.8 Å². The number of nitrogens with one attached hydrogen (secondary N) is 1. The monoisotopic (exact) mass is 476 g/mol. The van der Waals surface area contributed by atoms with Crippen LogP contribution in [0.5, 0.6) is 0 Å². The van der Waals surface area contributed by atoms with E-state index in [9.17, 15) is 29.8 Å². The fraction of sp³-hybridized carbons (Fsp3) is 0.333. The topological polar surface area (TPSA) is 145 Å². The largest absolute Gasteiger partial charge is 0.449 e. The number of rotatable bonds is 7. The van der Waals surface area contributed by atoms with Gasteiger partial charge in [0, 0.05) is 31.3 Å². The summed E-state index contributed by atoms with van der Waals surface area (Å²) in [5, 5.41) is 24.7. The van der Waals surface area contributed by atoms with Crippen molar-refractivity contribution in [2.75, 3.05) is 23.3 Å². The Morgan fingerprint density at radius 1 is 1.06 bits per heavy atom. The minimum atomic E-state index is -1.26. The first-order valence-corrected chi connectivity index (χ1v) is 10.5. The van der Waals surface area contributed by atoms with Crippen molar-refractivity contribution in [3.8, 4) is 0 Å². The van der Waals surface area contributed by atoms with Crippen LogP contribution in [-0.2, 0) is 9.53 Å². The molecular formula is C21H21ClN4O7. The highest BCUT2D eigenvalue weighted by molar-refractivity contribution is 6.34. The summed E-state index contributed by atoms with van der Waals surface area (Å²) in [7, 11) is 0. The molecule has 0 aliphatic carbocycles. The maximum atomic E-state index is 12.5. The van der Waals surface area contributed by atoms with E-state index in [1.165, 1.54) is 31.2 Å². The van der Waals surface area contributed by atoms with Crippen LogP contribution < -0.4 is 10.2 Å². The van der Waals surface area contributed by atoms with Crippen molar-refractivity contribution in [1.82, 2.24) is 0 Å². The minimum absolute atomic E-state index is 0.0556. The van der Waals surface area contributed by atoms with E-state index in [4.69, 9.17) is 16.3 Å². The number of benzene rings is 2. The maximum Gasteiger partial charge on any atom is 0.339 e. The molecule has 174 valence electrons. The number of hydrogen-bond donors (Lipinski definition) is 1. The molecule has 1 N–H and O–H groups in total. The molecule has 2 aromatic rings. The molecule has 1 aliphatic heterocycles. The zero-order valence-electron chi connectivity index (χ0n) is 17.7. The highest BCUT2D eigenvalue weighted by Gasteiger charge is 2.25. The van der Waals surface area contributed by atoms with E-state index >= 15 is 0 Å². The van der Waals surface area contributed by atoms with Gasteiger partial charge in [0.2, 0.25) is 0 Å². The Bertz CT molecular complexity index is 1100. The smallest absolute Gasteiger partial charge is 0.339 e. The molecule has 2 aromatic carbocycles. The first kappa shape index (κ1) is 23.9. The van der Waals surface area contributed by atoms with Gasteiger partial charge in [0.05, 0.1) is 26.1 Å². The zero-order valence-corrected chi connectivity index (χ0v) is 18.4. The van der Waals surface area contributed by atoms with E-state index in [-0.39, 0.29) is 27.6 Å². The summed E-state index contributed by atoms with van der Waals surface area (Å²) in [6.07, 6.45) is 1.68. The Labute approximate surface area is 193 Å². The number of anilines is 2. The molecule has 0 spiro atoms. The Balaban J connectivity index is 1.69. The predicted octanol–water partition coefficient (Wildman–Crippen LogP) is 4.33. The van der Waals surface area contributed by atoms with Crippen LogP contribution in [-0.4, -0.2) is 40.9 Å². The molecule has 0 saturated carbocycles. The quantitative estimate of drug-likeness (QED) is 0.353. The van der Waals surface area contributed by atoms with E-state index in [1.54, 1.807) is 0 Å². The Morgan fingerprint density at radius 2 is 1.76 bits per heavy atom. The molecule has 12 heteroatoms. The molecule has 1 fully saturated rings. The number of esters is 1. The molecule has 33 heavy (non-hydrogen) atoms. The van der Waals surface area contributed by atoms with E-state index in [0.717, 1.165) is 31.4 Å². The first-order valence-electron chi connectivity index (χ1n) is 10.2. The van der Waals surface area contributed by atoms with Gasteiger partial charge < -0.3 is 15.0 Å². The van der Waals surface area contributed by atoms with Crippen molar-refractivity contribution in [2.24, 2.45) is 0 Å². The standard InChI is InChI=1S/C21H21ClN4O7/c1-13(20(27)23-17-7-6-15(25(29)30)12-16(17)22)33-21(28)14-5-8-18(19(11-14)26(31)32)24-9-3-2-4-10-24/h5-8,11-13H,2-4,9-10H2,1H3,(H,23,27). The van der Waals surface area contributed by atoms with Gasteiger partial charge in [0.25, 0.3) is 17.3 Å². The molecule has 1 atom stereocenters. The number of hydrogen-bond acceptors (Lipinski definition) is 8. The summed E-state index contributed by atoms with van der Waals surface area (Å²) in [4.78, 5) is 48.0. The molecular weight excluding hydrogens is 456 g/mol. The van der Waals surface area contributed by atoms with Crippen LogP contribution in [0.25, 0.3) is 0 Å². The molecule has 1 unspecified atom stereocenters. The van der Waals surface area contributed by atoms with E-state index in [1.807, 2.05) is 4.90 Å². The minimum Gasteiger partial charge on any atom is -0.449 e. The summed E-state index contributed by atoms with van der Waals surface area (Å²) < 4.78 is 5.15. The van der Waals surface area contributed by atoms with Gasteiger partial charge in [-0.1, -0.05) is 11.6 Å². The van der Waals surface area contributed by atoms with Gasteiger partial charge >= 0.3 is 5.97 Å². The number of amides is 1. The van der Waals surface area contributed by atoms with Gasteiger partial charge in [0.15, 0.2) is 6.10 Å². The third kappa shape index (κ3) is 5.75. The van der Waals surface area contributed by atoms with Crippen LogP contribution in [0.3, 0.4) is 0 Å². The highest BCUT2D eigenvalue weighted by atomic mass is 35.5. The second kappa shape index (κ2) is 10.3. The number of piperidine rings is 1. The number of halogens is 1. The van der Waals surface area contributed by atoms with Crippen LogP contribution in [0.4, 0.5) is 22.7 Å². The van der Waals surface area contributed by atoms with E-state index in [0.29, 0.717) is 18.8 Å². The van der Waals surface area contributed by atoms with Gasteiger partial charge in [-0.15, -0.1) is 0 Å². The average Bonchev–Trinajstić information content (AvgIpc) is 2.80. The van der Waals surface area contributed by atoms with Crippen molar-refractivity contribution in [3.05, 3.63) is 67.2 Å². The van der Waals surface area contributed by atoms with Gasteiger partial charge in [0.1, 0.15) is 5.69 Å². The fourth-order valence-corrected chi connectivity index (χ4v) is 3.66. The van der Waals surface area contributed by atoms with Crippen molar-refractivity contribution in [1.29, 1.82) is 0 Å². The summed E-state index contributed by atoms with van der Waals surface area (Å²) in [6, 6.07) is 7.59. The van der Waals surface area contributed by atoms with Crippen LogP contribution in [0.2, 0.25) is 5.02 Å². The van der Waals surface area contributed by atoms with Crippen molar-refractivity contribution in [2.45, 2.75) is 32.3 Å². The molecule has 1 heterocycles. The fourth-order valence-electron chi connectivity index (χ4n) is 3.43. The second-order valence-corrected chi connectivity index (χ2v) is 7.87. The van der Waals surface area contributed by atoms with Crippen molar-refractivity contribution in [3.63, 3.8) is 0 Å². The number of carbonyl (C=O) groups is 2. The SMILES string of the molecule is CC(OC(=O)c1ccc(N2CCCCC2)c([N+](=O)[O-])c1)C(=O)Nc1ccc([N+](=O)[O-])cc1Cl. The number of non-ortho nitro benzene ring substituents is 1. The number of nitro groups is 2. The third-order valence-electron chi connectivity index (χ3n) is 5.18. The number of nitrogens with zero attached hydrogens (tertiary/aromatic N) is 3. The molecule has 1 amide bonds. The first-order chi connectivity index (χ1) is 15.7. The molecule has 1 aliphatic rings. The lowest BCUT2D eigenvalue weighted by Gasteiger charge is -2.28. The van der Waals surface area contributed by atoms with Crippen LogP contribution >= 0.6 is 11.6 Å². The average molecular weight is 477 g/mol. The summed E-state index contributed by atoms with van der Waals surface area (Å²) in [5.41, 5.74) is 0.0372. The Kier molecular flexibility index (Phi) is 7.44.